The number of halogens is 1. The molecule has 124 valence electrons. The quantitative estimate of drug-likeness (QED) is 0.662. The molecule has 0 unspecified atom stereocenters. The summed E-state index contributed by atoms with van der Waals surface area (Å²) in [6.07, 6.45) is 4.16. The number of aliphatic hydroxyl groups excluding tert-OH is 1. The van der Waals surface area contributed by atoms with Crippen molar-refractivity contribution in [1.29, 1.82) is 0 Å². The summed E-state index contributed by atoms with van der Waals surface area (Å²) in [5, 5.41) is 12.4. The summed E-state index contributed by atoms with van der Waals surface area (Å²) in [7, 11) is 0. The number of nitrogens with two attached hydrogens (primary N) is 1. The van der Waals surface area contributed by atoms with Gasteiger partial charge in [-0.25, -0.2) is 4.98 Å². The summed E-state index contributed by atoms with van der Waals surface area (Å²) < 4.78 is 1.71. The Balaban J connectivity index is 2.07. The zero-order valence-corrected chi connectivity index (χ0v) is 13.7. The second kappa shape index (κ2) is 5.72. The maximum atomic E-state index is 13.1. The topological polar surface area (TPSA) is 94.0 Å². The van der Waals surface area contributed by atoms with Gasteiger partial charge >= 0.3 is 0 Å². The van der Waals surface area contributed by atoms with Gasteiger partial charge < -0.3 is 10.8 Å². The molecule has 0 amide bonds. The first kappa shape index (κ1) is 15.4. The highest BCUT2D eigenvalue weighted by Crippen LogP contribution is 2.32. The summed E-state index contributed by atoms with van der Waals surface area (Å²) >= 11 is 6.09. The smallest absolute Gasteiger partial charge is 0.260 e. The lowest BCUT2D eigenvalue weighted by atomic mass is 9.92. The molecule has 3 N–H and O–H groups in total. The first-order valence-electron chi connectivity index (χ1n) is 7.98. The van der Waals surface area contributed by atoms with Gasteiger partial charge in [-0.1, -0.05) is 17.7 Å². The Morgan fingerprint density at radius 3 is 2.67 bits per heavy atom. The number of pyridine rings is 1. The predicted octanol–water partition coefficient (Wildman–Crippen LogP) is 2.66. The normalized spacial score (nSPS) is 21.4. The van der Waals surface area contributed by atoms with Crippen molar-refractivity contribution in [3.63, 3.8) is 0 Å². The maximum Gasteiger partial charge on any atom is 0.260 e. The van der Waals surface area contributed by atoms with Crippen LogP contribution in [-0.2, 0) is 0 Å². The first-order valence-corrected chi connectivity index (χ1v) is 8.36. The Bertz CT molecular complexity index is 993. The summed E-state index contributed by atoms with van der Waals surface area (Å²) in [6.45, 7) is 0. The van der Waals surface area contributed by atoms with Gasteiger partial charge in [-0.3, -0.25) is 9.36 Å². The third kappa shape index (κ3) is 2.42. The average Bonchev–Trinajstić information content (AvgIpc) is 2.57. The van der Waals surface area contributed by atoms with Gasteiger partial charge in [0.15, 0.2) is 0 Å². The molecule has 24 heavy (non-hydrogen) atoms. The highest BCUT2D eigenvalue weighted by Gasteiger charge is 2.25. The van der Waals surface area contributed by atoms with E-state index in [0.717, 1.165) is 23.6 Å². The molecule has 2 heterocycles. The molecule has 0 atom stereocenters. The zero-order chi connectivity index (χ0) is 16.8. The van der Waals surface area contributed by atoms with Gasteiger partial charge in [0.2, 0.25) is 5.95 Å². The number of rotatable bonds is 1. The number of nitrogen functional groups attached to an aromatic ring is 1. The molecule has 0 bridgehead atoms. The van der Waals surface area contributed by atoms with Crippen LogP contribution in [0.5, 0.6) is 0 Å². The fourth-order valence-corrected chi connectivity index (χ4v) is 3.74. The van der Waals surface area contributed by atoms with Crippen LogP contribution in [0.2, 0.25) is 5.02 Å². The van der Waals surface area contributed by atoms with Crippen molar-refractivity contribution in [3.05, 3.63) is 39.8 Å². The molecular formula is C17H17ClN4O2. The van der Waals surface area contributed by atoms with Crippen LogP contribution < -0.4 is 11.3 Å². The number of fused-ring (bicyclic) bond motifs is 3. The van der Waals surface area contributed by atoms with Crippen molar-refractivity contribution < 1.29 is 5.11 Å². The Hall–Kier alpha value is -2.18. The fourth-order valence-electron chi connectivity index (χ4n) is 3.57. The molecule has 0 radical (unpaired) electrons. The minimum atomic E-state index is -0.294. The molecule has 3 aromatic rings. The van der Waals surface area contributed by atoms with Crippen LogP contribution >= 0.6 is 11.6 Å². The van der Waals surface area contributed by atoms with Crippen LogP contribution in [0.25, 0.3) is 21.8 Å². The molecule has 0 spiro atoms. The van der Waals surface area contributed by atoms with E-state index in [2.05, 4.69) is 9.97 Å². The highest BCUT2D eigenvalue weighted by atomic mass is 35.5. The van der Waals surface area contributed by atoms with E-state index in [1.165, 1.54) is 0 Å². The van der Waals surface area contributed by atoms with Gasteiger partial charge in [-0.15, -0.1) is 0 Å². The Labute approximate surface area is 142 Å². The van der Waals surface area contributed by atoms with Gasteiger partial charge in [-0.05, 0) is 43.2 Å². The van der Waals surface area contributed by atoms with Crippen molar-refractivity contribution >= 4 is 39.4 Å². The molecule has 0 saturated heterocycles. The maximum absolute atomic E-state index is 13.1. The van der Waals surface area contributed by atoms with Crippen molar-refractivity contribution in [2.45, 2.75) is 37.8 Å². The summed E-state index contributed by atoms with van der Waals surface area (Å²) in [4.78, 5) is 21.6. The van der Waals surface area contributed by atoms with Crippen molar-refractivity contribution in [1.82, 2.24) is 14.5 Å². The molecule has 1 saturated carbocycles. The number of hydrogen-bond donors (Lipinski definition) is 2. The van der Waals surface area contributed by atoms with Crippen molar-refractivity contribution in [3.8, 4) is 0 Å². The molecule has 1 aliphatic rings. The molecule has 1 aromatic carbocycles. The summed E-state index contributed by atoms with van der Waals surface area (Å²) in [5.41, 5.74) is 6.18. The van der Waals surface area contributed by atoms with Gasteiger partial charge in [0.1, 0.15) is 5.65 Å². The van der Waals surface area contributed by atoms with E-state index in [4.69, 9.17) is 17.3 Å². The number of hydrogen-bond acceptors (Lipinski definition) is 5. The average molecular weight is 345 g/mol. The number of nitrogens with zero attached hydrogens (tertiary/aromatic N) is 3. The van der Waals surface area contributed by atoms with Crippen LogP contribution in [0.15, 0.2) is 29.2 Å². The van der Waals surface area contributed by atoms with Gasteiger partial charge in [-0.2, -0.15) is 4.98 Å². The SMILES string of the molecule is Nc1ncc2c3ccc(Cl)cc3c(=O)n([C@H]3CC[C@H](O)CC3)c2n1. The Morgan fingerprint density at radius 2 is 1.92 bits per heavy atom. The standard InChI is InChI=1S/C17H17ClN4O2/c18-9-1-6-12-13(7-9)16(24)22(10-2-4-11(23)5-3-10)15-14(12)8-20-17(19)21-15/h1,6-8,10-11,23H,2-5H2,(H2,19,20,21)/t10-,11-. The van der Waals surface area contributed by atoms with E-state index in [1.807, 2.05) is 6.07 Å². The third-order valence-electron chi connectivity index (χ3n) is 4.77. The number of benzene rings is 1. The third-order valence-corrected chi connectivity index (χ3v) is 5.00. The van der Waals surface area contributed by atoms with E-state index >= 15 is 0 Å². The molecule has 4 rings (SSSR count). The first-order chi connectivity index (χ1) is 11.5. The molecule has 7 heteroatoms. The second-order valence-corrected chi connectivity index (χ2v) is 6.73. The van der Waals surface area contributed by atoms with Crippen LogP contribution in [0.1, 0.15) is 31.7 Å². The van der Waals surface area contributed by atoms with Crippen molar-refractivity contribution in [2.75, 3.05) is 5.73 Å². The molecular weight excluding hydrogens is 328 g/mol. The lowest BCUT2D eigenvalue weighted by Crippen LogP contribution is -2.30. The van der Waals surface area contributed by atoms with Crippen LogP contribution in [0, 0.1) is 0 Å². The minimum Gasteiger partial charge on any atom is -0.393 e. The fraction of sp³-hybridized carbons (Fsp3) is 0.353. The minimum absolute atomic E-state index is 0.0129. The molecule has 2 aromatic heterocycles. The number of aromatic nitrogens is 3. The number of anilines is 1. The van der Waals surface area contributed by atoms with E-state index in [9.17, 15) is 9.90 Å². The summed E-state index contributed by atoms with van der Waals surface area (Å²) in [6, 6.07) is 5.24. The van der Waals surface area contributed by atoms with Crippen LogP contribution in [0.3, 0.4) is 0 Å². The molecule has 0 aliphatic heterocycles. The largest absolute Gasteiger partial charge is 0.393 e. The van der Waals surface area contributed by atoms with E-state index < -0.39 is 0 Å². The van der Waals surface area contributed by atoms with Crippen LogP contribution in [-0.4, -0.2) is 25.7 Å². The molecule has 1 fully saturated rings. The van der Waals surface area contributed by atoms with Gasteiger partial charge in [0, 0.05) is 28.0 Å². The van der Waals surface area contributed by atoms with Gasteiger partial charge in [0.05, 0.1) is 6.10 Å². The number of aliphatic hydroxyl groups is 1. The van der Waals surface area contributed by atoms with E-state index in [0.29, 0.717) is 28.9 Å². The summed E-state index contributed by atoms with van der Waals surface area (Å²) in [5.74, 6) is 0.139. The van der Waals surface area contributed by atoms with Crippen LogP contribution in [0.4, 0.5) is 5.95 Å². The van der Waals surface area contributed by atoms with E-state index in [-0.39, 0.29) is 23.7 Å². The predicted molar refractivity (Wildman–Crippen MR) is 94.2 cm³/mol. The van der Waals surface area contributed by atoms with Gasteiger partial charge in [0.25, 0.3) is 5.56 Å². The monoisotopic (exact) mass is 344 g/mol. The molecule has 1 aliphatic carbocycles. The van der Waals surface area contributed by atoms with Crippen molar-refractivity contribution in [2.24, 2.45) is 0 Å². The lowest BCUT2D eigenvalue weighted by molar-refractivity contribution is 0.111. The Kier molecular flexibility index (Phi) is 3.66. The Morgan fingerprint density at radius 1 is 1.17 bits per heavy atom. The lowest BCUT2D eigenvalue weighted by Gasteiger charge is -2.28. The molecule has 6 nitrogen and oxygen atoms in total. The highest BCUT2D eigenvalue weighted by molar-refractivity contribution is 6.31. The van der Waals surface area contributed by atoms with E-state index in [1.54, 1.807) is 22.9 Å². The zero-order valence-electron chi connectivity index (χ0n) is 12.9. The second-order valence-electron chi connectivity index (χ2n) is 6.29.